The second kappa shape index (κ2) is 6.58. The zero-order chi connectivity index (χ0) is 15.4. The van der Waals surface area contributed by atoms with Gasteiger partial charge in [0.25, 0.3) is 0 Å². The number of methoxy groups -OCH3 is 1. The van der Waals surface area contributed by atoms with Gasteiger partial charge in [0.05, 0.1) is 26.0 Å². The van der Waals surface area contributed by atoms with Crippen molar-refractivity contribution in [2.75, 3.05) is 20.3 Å². The zero-order valence-electron chi connectivity index (χ0n) is 12.4. The van der Waals surface area contributed by atoms with Crippen LogP contribution in [0.4, 0.5) is 4.79 Å². The molecule has 1 N–H and O–H groups in total. The first-order valence-corrected chi connectivity index (χ1v) is 7.26. The highest BCUT2D eigenvalue weighted by Gasteiger charge is 2.24. The Bertz CT molecular complexity index is 658. The summed E-state index contributed by atoms with van der Waals surface area (Å²) in [5, 5.41) is 2.70. The van der Waals surface area contributed by atoms with Gasteiger partial charge in [0.15, 0.2) is 0 Å². The van der Waals surface area contributed by atoms with Gasteiger partial charge in [0, 0.05) is 11.8 Å². The number of ether oxygens (including phenoxy) is 2. The van der Waals surface area contributed by atoms with Crippen LogP contribution in [-0.2, 0) is 15.9 Å². The molecule has 0 spiro atoms. The summed E-state index contributed by atoms with van der Waals surface area (Å²) in [6.07, 6.45) is 2.03. The maximum Gasteiger partial charge on any atom is 0.406 e. The lowest BCUT2D eigenvalue weighted by molar-refractivity contribution is 0.0421. The Labute approximate surface area is 129 Å². The van der Waals surface area contributed by atoms with Crippen LogP contribution in [0.3, 0.4) is 0 Å². The van der Waals surface area contributed by atoms with Crippen molar-refractivity contribution in [2.24, 2.45) is 0 Å². The standard InChI is InChI=1S/C17H18N2O3/c1-21-17(20)19-11-16-14-6-4-5-13(12(14)8-10-22-16)15-7-2-3-9-18-15/h2-7,9,16H,8,10-11H2,1H3,(H,19,20). The third-order valence-corrected chi connectivity index (χ3v) is 3.79. The molecule has 1 aromatic heterocycles. The fraction of sp³-hybridized carbons (Fsp3) is 0.294. The topological polar surface area (TPSA) is 60.5 Å². The van der Waals surface area contributed by atoms with Crippen LogP contribution in [0.25, 0.3) is 11.3 Å². The summed E-state index contributed by atoms with van der Waals surface area (Å²) < 4.78 is 10.4. The number of nitrogens with zero attached hydrogens (tertiary/aromatic N) is 1. The lowest BCUT2D eigenvalue weighted by Gasteiger charge is -2.27. The number of carbonyl (C=O) groups excluding carboxylic acids is 1. The first-order valence-electron chi connectivity index (χ1n) is 7.26. The molecular formula is C17H18N2O3. The lowest BCUT2D eigenvalue weighted by Crippen LogP contribution is -2.31. The number of amides is 1. The van der Waals surface area contributed by atoms with Gasteiger partial charge in [-0.05, 0) is 29.7 Å². The van der Waals surface area contributed by atoms with E-state index in [1.54, 1.807) is 6.20 Å². The van der Waals surface area contributed by atoms with Crippen LogP contribution in [-0.4, -0.2) is 31.3 Å². The van der Waals surface area contributed by atoms with Crippen LogP contribution in [0.1, 0.15) is 17.2 Å². The molecule has 1 aliphatic rings. The fourth-order valence-corrected chi connectivity index (χ4v) is 2.76. The van der Waals surface area contributed by atoms with E-state index in [-0.39, 0.29) is 6.10 Å². The number of aromatic nitrogens is 1. The van der Waals surface area contributed by atoms with Crippen molar-refractivity contribution in [3.8, 4) is 11.3 Å². The van der Waals surface area contributed by atoms with E-state index in [2.05, 4.69) is 21.1 Å². The van der Waals surface area contributed by atoms with Crippen molar-refractivity contribution in [3.05, 3.63) is 53.7 Å². The van der Waals surface area contributed by atoms with Crippen molar-refractivity contribution >= 4 is 6.09 Å². The predicted molar refractivity (Wildman–Crippen MR) is 82.5 cm³/mol. The minimum atomic E-state index is -0.448. The lowest BCUT2D eigenvalue weighted by atomic mass is 9.91. The Morgan fingerprint density at radius 2 is 2.27 bits per heavy atom. The van der Waals surface area contributed by atoms with Gasteiger partial charge in [-0.25, -0.2) is 4.79 Å². The third-order valence-electron chi connectivity index (χ3n) is 3.79. The molecule has 0 saturated heterocycles. The molecule has 0 saturated carbocycles. The number of benzene rings is 1. The van der Waals surface area contributed by atoms with Crippen molar-refractivity contribution in [3.63, 3.8) is 0 Å². The van der Waals surface area contributed by atoms with Crippen molar-refractivity contribution in [2.45, 2.75) is 12.5 Å². The summed E-state index contributed by atoms with van der Waals surface area (Å²) in [5.41, 5.74) is 4.43. The Morgan fingerprint density at radius 1 is 1.36 bits per heavy atom. The monoisotopic (exact) mass is 298 g/mol. The Hall–Kier alpha value is -2.40. The third kappa shape index (κ3) is 2.94. The number of carbonyl (C=O) groups is 1. The summed E-state index contributed by atoms with van der Waals surface area (Å²) >= 11 is 0. The second-order valence-electron chi connectivity index (χ2n) is 5.07. The van der Waals surface area contributed by atoms with E-state index in [0.29, 0.717) is 13.2 Å². The molecule has 3 rings (SSSR count). The van der Waals surface area contributed by atoms with E-state index in [1.165, 1.54) is 12.7 Å². The van der Waals surface area contributed by atoms with E-state index in [0.717, 1.165) is 23.2 Å². The van der Waals surface area contributed by atoms with E-state index in [9.17, 15) is 4.79 Å². The predicted octanol–water partition coefficient (Wildman–Crippen LogP) is 2.72. The number of rotatable bonds is 3. The molecule has 0 radical (unpaired) electrons. The number of hydrogen-bond donors (Lipinski definition) is 1. The molecule has 2 heterocycles. The maximum atomic E-state index is 11.3. The minimum absolute atomic E-state index is 0.161. The van der Waals surface area contributed by atoms with Gasteiger partial charge in [-0.3, -0.25) is 4.98 Å². The first-order chi connectivity index (χ1) is 10.8. The SMILES string of the molecule is COC(=O)NCC1OCCc2c(-c3ccccn3)cccc21. The molecule has 1 unspecified atom stereocenters. The van der Waals surface area contributed by atoms with Gasteiger partial charge in [-0.1, -0.05) is 24.3 Å². The molecule has 2 aromatic rings. The summed E-state index contributed by atoms with van der Waals surface area (Å²) in [6, 6.07) is 12.0. The number of fused-ring (bicyclic) bond motifs is 1. The molecule has 114 valence electrons. The number of pyridine rings is 1. The van der Waals surface area contributed by atoms with Crippen molar-refractivity contribution in [1.29, 1.82) is 0 Å². The normalized spacial score (nSPS) is 16.7. The first kappa shape index (κ1) is 14.5. The maximum absolute atomic E-state index is 11.3. The molecule has 5 nitrogen and oxygen atoms in total. The number of hydrogen-bond acceptors (Lipinski definition) is 4. The van der Waals surface area contributed by atoms with Crippen LogP contribution in [0.5, 0.6) is 0 Å². The molecule has 0 fully saturated rings. The smallest absolute Gasteiger partial charge is 0.406 e. The molecule has 5 heteroatoms. The van der Waals surface area contributed by atoms with Crippen LogP contribution in [0, 0.1) is 0 Å². The van der Waals surface area contributed by atoms with Gasteiger partial charge in [0.1, 0.15) is 6.10 Å². The van der Waals surface area contributed by atoms with Gasteiger partial charge < -0.3 is 14.8 Å². The van der Waals surface area contributed by atoms with Gasteiger partial charge in [-0.2, -0.15) is 0 Å². The van der Waals surface area contributed by atoms with Gasteiger partial charge in [0.2, 0.25) is 0 Å². The molecule has 1 amide bonds. The molecule has 0 aliphatic carbocycles. The average molecular weight is 298 g/mol. The minimum Gasteiger partial charge on any atom is -0.453 e. The van der Waals surface area contributed by atoms with Gasteiger partial charge in [-0.15, -0.1) is 0 Å². The molecule has 1 aliphatic heterocycles. The highest BCUT2D eigenvalue weighted by Crippen LogP contribution is 2.33. The quantitative estimate of drug-likeness (QED) is 0.946. The molecule has 22 heavy (non-hydrogen) atoms. The highest BCUT2D eigenvalue weighted by molar-refractivity contribution is 5.68. The van der Waals surface area contributed by atoms with Crippen LogP contribution >= 0.6 is 0 Å². The molecular weight excluding hydrogens is 280 g/mol. The second-order valence-corrected chi connectivity index (χ2v) is 5.07. The average Bonchev–Trinajstić information content (AvgIpc) is 2.59. The summed E-state index contributed by atoms with van der Waals surface area (Å²) in [7, 11) is 1.35. The van der Waals surface area contributed by atoms with E-state index in [4.69, 9.17) is 4.74 Å². The summed E-state index contributed by atoms with van der Waals surface area (Å²) in [5.74, 6) is 0. The molecule has 0 bridgehead atoms. The molecule has 1 atom stereocenters. The van der Waals surface area contributed by atoms with Crippen molar-refractivity contribution < 1.29 is 14.3 Å². The number of alkyl carbamates (subject to hydrolysis) is 1. The van der Waals surface area contributed by atoms with Crippen molar-refractivity contribution in [1.82, 2.24) is 10.3 Å². The number of nitrogens with one attached hydrogen (secondary N) is 1. The highest BCUT2D eigenvalue weighted by atomic mass is 16.5. The summed E-state index contributed by atoms with van der Waals surface area (Å²) in [6.45, 7) is 1.02. The Morgan fingerprint density at radius 3 is 3.05 bits per heavy atom. The van der Waals surface area contributed by atoms with E-state index in [1.807, 2.05) is 30.3 Å². The largest absolute Gasteiger partial charge is 0.453 e. The Balaban J connectivity index is 1.90. The van der Waals surface area contributed by atoms with E-state index < -0.39 is 6.09 Å². The van der Waals surface area contributed by atoms with Crippen LogP contribution in [0.2, 0.25) is 0 Å². The molecule has 1 aromatic carbocycles. The van der Waals surface area contributed by atoms with Crippen LogP contribution in [0.15, 0.2) is 42.6 Å². The van der Waals surface area contributed by atoms with Gasteiger partial charge >= 0.3 is 6.09 Å². The van der Waals surface area contributed by atoms with E-state index >= 15 is 0 Å². The Kier molecular flexibility index (Phi) is 4.34. The summed E-state index contributed by atoms with van der Waals surface area (Å²) in [4.78, 5) is 15.7. The van der Waals surface area contributed by atoms with Crippen LogP contribution < -0.4 is 5.32 Å². The fourth-order valence-electron chi connectivity index (χ4n) is 2.76. The zero-order valence-corrected chi connectivity index (χ0v) is 12.4.